The predicted octanol–water partition coefficient (Wildman–Crippen LogP) is 6.54. The van der Waals surface area contributed by atoms with E-state index in [9.17, 15) is 22.4 Å². The molecule has 0 saturated heterocycles. The molecule has 0 unspecified atom stereocenters. The van der Waals surface area contributed by atoms with Crippen LogP contribution in [0.5, 0.6) is 0 Å². The van der Waals surface area contributed by atoms with Crippen LogP contribution in [0.1, 0.15) is 19.4 Å². The molecule has 2 nitrogen and oxygen atoms in total. The van der Waals surface area contributed by atoms with Crippen LogP contribution in [-0.4, -0.2) is 5.97 Å². The smallest absolute Gasteiger partial charge is 0.310 e. The first-order valence-corrected chi connectivity index (χ1v) is 9.42. The topological polar surface area (TPSA) is 26.3 Å². The van der Waals surface area contributed by atoms with Crippen molar-refractivity contribution in [2.45, 2.75) is 20.5 Å². The number of esters is 1. The number of ether oxygens (including phenoxy) is 1. The Balaban J connectivity index is 1.88. The number of hydrogen-bond acceptors (Lipinski definition) is 2. The summed E-state index contributed by atoms with van der Waals surface area (Å²) in [6.07, 6.45) is 1.49. The molecule has 0 spiro atoms. The molecule has 1 fully saturated rings. The second kappa shape index (κ2) is 8.00. The quantitative estimate of drug-likeness (QED) is 0.225. The first kappa shape index (κ1) is 21.7. The molecule has 0 radical (unpaired) electrons. The average Bonchev–Trinajstić information content (AvgIpc) is 3.20. The molecule has 2 aromatic carbocycles. The lowest BCUT2D eigenvalue weighted by molar-refractivity contribution is -0.147. The highest BCUT2D eigenvalue weighted by Gasteiger charge is 2.61. The molecule has 1 aliphatic carbocycles. The largest absolute Gasteiger partial charge is 0.460 e. The van der Waals surface area contributed by atoms with Crippen LogP contribution in [0.2, 0.25) is 0 Å². The lowest BCUT2D eigenvalue weighted by atomic mass is 10.0. The van der Waals surface area contributed by atoms with Gasteiger partial charge in [0.1, 0.15) is 16.9 Å². The maximum Gasteiger partial charge on any atom is 0.310 e. The van der Waals surface area contributed by atoms with Gasteiger partial charge in [-0.25, -0.2) is 17.6 Å². The second-order valence-electron chi connectivity index (χ2n) is 7.36. The van der Waals surface area contributed by atoms with Gasteiger partial charge in [0.05, 0.1) is 17.0 Å². The molecule has 1 saturated carbocycles. The summed E-state index contributed by atoms with van der Waals surface area (Å²) >= 11 is 11.3. The van der Waals surface area contributed by atoms with Gasteiger partial charge in [-0.2, -0.15) is 0 Å². The van der Waals surface area contributed by atoms with E-state index in [0.29, 0.717) is 0 Å². The third-order valence-corrected chi connectivity index (χ3v) is 5.50. The van der Waals surface area contributed by atoms with Crippen molar-refractivity contribution in [3.8, 4) is 11.1 Å². The minimum absolute atomic E-state index is 0.0106. The van der Waals surface area contributed by atoms with Crippen LogP contribution < -0.4 is 0 Å². The Hall–Kier alpha value is -2.05. The van der Waals surface area contributed by atoms with Gasteiger partial charge >= 0.3 is 5.97 Å². The number of allylic oxidation sites excluding steroid dienone is 1. The fourth-order valence-corrected chi connectivity index (χ4v) is 3.75. The maximum absolute atomic E-state index is 14.8. The molecule has 8 heteroatoms. The second-order valence-corrected chi connectivity index (χ2v) is 8.37. The third kappa shape index (κ3) is 4.01. The monoisotopic (exact) mass is 446 g/mol. The standard InChI is InChI=1S/C21H16Cl2F4O2/c1-21(2)12(8-13(22)23)15(21)20(28)29-9-11-16(24)14(10-6-4-3-5-7-10)18(26)19(27)17(11)25/h3-8,12,15H,9H2,1-2H3/t12-,15-/m0/s1. The van der Waals surface area contributed by atoms with Gasteiger partial charge in [0, 0.05) is 0 Å². The minimum Gasteiger partial charge on any atom is -0.460 e. The molecule has 154 valence electrons. The van der Waals surface area contributed by atoms with Crippen molar-refractivity contribution in [3.05, 3.63) is 69.7 Å². The van der Waals surface area contributed by atoms with Gasteiger partial charge in [0.15, 0.2) is 17.5 Å². The fourth-order valence-electron chi connectivity index (χ4n) is 3.47. The number of hydrogen-bond donors (Lipinski definition) is 0. The van der Waals surface area contributed by atoms with Crippen LogP contribution in [0.3, 0.4) is 0 Å². The van der Waals surface area contributed by atoms with Crippen LogP contribution in [0.15, 0.2) is 40.9 Å². The molecule has 0 aromatic heterocycles. The van der Waals surface area contributed by atoms with Gasteiger partial charge in [-0.1, -0.05) is 67.4 Å². The van der Waals surface area contributed by atoms with Gasteiger partial charge < -0.3 is 4.74 Å². The molecule has 0 amide bonds. The highest BCUT2D eigenvalue weighted by Crippen LogP contribution is 2.60. The third-order valence-electron chi connectivity index (χ3n) is 5.25. The molecule has 0 bridgehead atoms. The summed E-state index contributed by atoms with van der Waals surface area (Å²) in [5.74, 6) is -8.21. The number of halogens is 6. The van der Waals surface area contributed by atoms with Gasteiger partial charge in [-0.05, 0) is 23.0 Å². The summed E-state index contributed by atoms with van der Waals surface area (Å²) in [7, 11) is 0. The van der Waals surface area contributed by atoms with Gasteiger partial charge in [-0.15, -0.1) is 0 Å². The molecule has 2 aromatic rings. The zero-order chi connectivity index (χ0) is 21.5. The average molecular weight is 447 g/mol. The van der Waals surface area contributed by atoms with Crippen molar-refractivity contribution >= 4 is 29.2 Å². The number of carbonyl (C=O) groups is 1. The Kier molecular flexibility index (Phi) is 5.97. The van der Waals surface area contributed by atoms with E-state index >= 15 is 0 Å². The Morgan fingerprint density at radius 3 is 2.24 bits per heavy atom. The van der Waals surface area contributed by atoms with Crippen molar-refractivity contribution in [3.63, 3.8) is 0 Å². The van der Waals surface area contributed by atoms with Crippen molar-refractivity contribution in [2.75, 3.05) is 0 Å². The van der Waals surface area contributed by atoms with Crippen LogP contribution in [0.25, 0.3) is 11.1 Å². The molecule has 0 heterocycles. The van der Waals surface area contributed by atoms with E-state index in [-0.39, 0.29) is 16.0 Å². The van der Waals surface area contributed by atoms with E-state index in [1.54, 1.807) is 19.9 Å². The maximum atomic E-state index is 14.8. The molecule has 0 N–H and O–H groups in total. The van der Waals surface area contributed by atoms with E-state index in [0.717, 1.165) is 0 Å². The highest BCUT2D eigenvalue weighted by atomic mass is 35.5. The zero-order valence-corrected chi connectivity index (χ0v) is 16.9. The zero-order valence-electron chi connectivity index (χ0n) is 15.4. The minimum atomic E-state index is -1.84. The molecular weight excluding hydrogens is 431 g/mol. The van der Waals surface area contributed by atoms with Crippen LogP contribution in [0.4, 0.5) is 17.6 Å². The van der Waals surface area contributed by atoms with Gasteiger partial charge in [0.2, 0.25) is 0 Å². The summed E-state index contributed by atoms with van der Waals surface area (Å²) < 4.78 is 62.3. The number of rotatable bonds is 5. The Morgan fingerprint density at radius 1 is 1.03 bits per heavy atom. The van der Waals surface area contributed by atoms with Crippen LogP contribution in [-0.2, 0) is 16.1 Å². The molecule has 3 rings (SSSR count). The summed E-state index contributed by atoms with van der Waals surface area (Å²) in [6.45, 7) is 2.68. The first-order chi connectivity index (χ1) is 13.6. The Morgan fingerprint density at radius 2 is 1.66 bits per heavy atom. The van der Waals surface area contributed by atoms with E-state index < -0.39 is 58.3 Å². The molecular formula is C21H16Cl2F4O2. The molecule has 29 heavy (non-hydrogen) atoms. The summed E-state index contributed by atoms with van der Waals surface area (Å²) in [5, 5.41) is 0. The highest BCUT2D eigenvalue weighted by molar-refractivity contribution is 6.55. The summed E-state index contributed by atoms with van der Waals surface area (Å²) in [5.41, 5.74) is -2.07. The molecule has 0 aliphatic heterocycles. The van der Waals surface area contributed by atoms with Crippen LogP contribution in [0, 0.1) is 40.5 Å². The Bertz CT molecular complexity index is 986. The molecule has 2 atom stereocenters. The summed E-state index contributed by atoms with van der Waals surface area (Å²) in [6, 6.07) is 7.32. The van der Waals surface area contributed by atoms with E-state index in [1.165, 1.54) is 30.3 Å². The van der Waals surface area contributed by atoms with Crippen molar-refractivity contribution in [1.29, 1.82) is 0 Å². The van der Waals surface area contributed by atoms with Crippen LogP contribution >= 0.6 is 23.2 Å². The number of benzene rings is 2. The van der Waals surface area contributed by atoms with E-state index in [2.05, 4.69) is 0 Å². The molecule has 1 aliphatic rings. The number of carbonyl (C=O) groups excluding carboxylic acids is 1. The van der Waals surface area contributed by atoms with Crippen molar-refractivity contribution < 1.29 is 27.1 Å². The lowest BCUT2D eigenvalue weighted by Crippen LogP contribution is -2.14. The summed E-state index contributed by atoms with van der Waals surface area (Å²) in [4.78, 5) is 12.4. The van der Waals surface area contributed by atoms with Crippen molar-refractivity contribution in [2.24, 2.45) is 17.3 Å². The van der Waals surface area contributed by atoms with Gasteiger partial charge in [-0.3, -0.25) is 4.79 Å². The lowest BCUT2D eigenvalue weighted by Gasteiger charge is -2.13. The fraction of sp³-hybridized carbons (Fsp3) is 0.286. The Labute approximate surface area is 175 Å². The normalized spacial score (nSPS) is 19.6. The first-order valence-electron chi connectivity index (χ1n) is 8.67. The van der Waals surface area contributed by atoms with Gasteiger partial charge in [0.25, 0.3) is 0 Å². The van der Waals surface area contributed by atoms with Crippen molar-refractivity contribution in [1.82, 2.24) is 0 Å². The van der Waals surface area contributed by atoms with E-state index in [4.69, 9.17) is 27.9 Å². The SMILES string of the molecule is CC1(C)[C@H](C(=O)OCc2c(F)c(F)c(F)c(-c3ccccc3)c2F)[C@@H]1C=C(Cl)Cl. The van der Waals surface area contributed by atoms with E-state index in [1.807, 2.05) is 0 Å². The predicted molar refractivity (Wildman–Crippen MR) is 102 cm³/mol.